The lowest BCUT2D eigenvalue weighted by Crippen LogP contribution is -2.76. The lowest BCUT2D eigenvalue weighted by molar-refractivity contribution is 0.310. The number of nitrogens with zero attached hydrogens (tertiary/aromatic N) is 2. The largest absolute Gasteiger partial charge is 0.303 e. The van der Waals surface area contributed by atoms with Gasteiger partial charge in [0.2, 0.25) is 0 Å². The van der Waals surface area contributed by atoms with Crippen molar-refractivity contribution >= 4 is 106 Å². The first-order valence-corrected chi connectivity index (χ1v) is 29.2. The van der Waals surface area contributed by atoms with Crippen molar-refractivity contribution in [1.29, 1.82) is 0 Å². The second kappa shape index (κ2) is 9.78. The van der Waals surface area contributed by atoms with Crippen molar-refractivity contribution in [3.8, 4) is 0 Å². The van der Waals surface area contributed by atoms with Gasteiger partial charge in [-0.1, -0.05) is 117 Å². The summed E-state index contributed by atoms with van der Waals surface area (Å²) in [5, 5.41) is 0. The fraction of sp³-hybridized carbons (Fsp3) is 1.00. The van der Waals surface area contributed by atoms with Crippen LogP contribution < -0.4 is 0 Å². The summed E-state index contributed by atoms with van der Waals surface area (Å²) >= 11 is 25.1. The van der Waals surface area contributed by atoms with Gasteiger partial charge >= 0.3 is 0 Å². The maximum Gasteiger partial charge on any atom is 0.284 e. The highest BCUT2D eigenvalue weighted by atomic mass is 79.9. The molecule has 0 aliphatic carbocycles. The maximum absolute atomic E-state index is 4.21. The monoisotopic (exact) mass is 758 g/mol. The highest BCUT2D eigenvalue weighted by Gasteiger charge is 2.70. The van der Waals surface area contributed by atoms with Crippen LogP contribution in [-0.2, 0) is 0 Å². The minimum Gasteiger partial charge on any atom is -0.303 e. The second-order valence-electron chi connectivity index (χ2n) is 6.85. The van der Waals surface area contributed by atoms with E-state index >= 15 is 0 Å². The van der Waals surface area contributed by atoms with Crippen molar-refractivity contribution in [3.05, 3.63) is 0 Å². The molecule has 0 heterocycles. The molecule has 0 saturated heterocycles. The van der Waals surface area contributed by atoms with E-state index in [9.17, 15) is 0 Å². The molecule has 23 heavy (non-hydrogen) atoms. The Balaban J connectivity index is 6.09. The Morgan fingerprint density at radius 2 is 0.652 bits per heavy atom. The van der Waals surface area contributed by atoms with Gasteiger partial charge in [-0.15, -0.1) is 30.6 Å². The van der Waals surface area contributed by atoms with Gasteiger partial charge in [0.15, 0.2) is 0 Å². The first-order valence-electron chi connectivity index (χ1n) is 7.73. The van der Waals surface area contributed by atoms with E-state index in [2.05, 4.69) is 156 Å². The highest BCUT2D eigenvalue weighted by molar-refractivity contribution is 9.74. The molecule has 2 nitrogen and oxygen atoms in total. The van der Waals surface area contributed by atoms with Gasteiger partial charge in [-0.05, 0) is 24.2 Å². The first-order chi connectivity index (χ1) is 10.0. The zero-order chi connectivity index (χ0) is 19.0. The predicted molar refractivity (Wildman–Crippen MR) is 135 cm³/mol. The minimum absolute atomic E-state index is 0.457. The molecule has 0 aliphatic rings. The SMILES string of the molecule is CC(C)N(C(C)C)[Si](Br)(Br)[Si](Br)(Br)[Si](Br)(Br)N(C(C)C)C(C)C. The molecule has 0 aromatic heterocycles. The molecule has 0 spiro atoms. The van der Waals surface area contributed by atoms with Crippen LogP contribution in [0.25, 0.3) is 0 Å². The van der Waals surface area contributed by atoms with Crippen molar-refractivity contribution in [3.63, 3.8) is 0 Å². The maximum atomic E-state index is 4.21. The average molecular weight is 764 g/mol. The summed E-state index contributed by atoms with van der Waals surface area (Å²) in [6, 6.07) is 1.83. The molecular weight excluding hydrogens is 736 g/mol. The van der Waals surface area contributed by atoms with Crippen LogP contribution >= 0.6 is 91.8 Å². The van der Waals surface area contributed by atoms with Crippen LogP contribution in [0.2, 0.25) is 0 Å². The third kappa shape index (κ3) is 5.72. The van der Waals surface area contributed by atoms with Crippen molar-refractivity contribution in [2.45, 2.75) is 79.6 Å². The molecule has 0 aromatic rings. The summed E-state index contributed by atoms with van der Waals surface area (Å²) in [7, 11) is 0. The van der Waals surface area contributed by atoms with Gasteiger partial charge in [-0.3, -0.25) is 0 Å². The van der Waals surface area contributed by atoms with Crippen molar-refractivity contribution in [1.82, 2.24) is 9.13 Å². The van der Waals surface area contributed by atoms with Gasteiger partial charge in [-0.2, -0.15) is 0 Å². The molecular formula is C12H28Br6N2Si3. The minimum atomic E-state index is -2.12. The second-order valence-corrected chi connectivity index (χ2v) is 69.6. The Morgan fingerprint density at radius 3 is 0.783 bits per heavy atom. The van der Waals surface area contributed by atoms with Gasteiger partial charge in [-0.25, -0.2) is 0 Å². The van der Waals surface area contributed by atoms with Crippen LogP contribution in [0.5, 0.6) is 0 Å². The quantitative estimate of drug-likeness (QED) is 0.193. The van der Waals surface area contributed by atoms with E-state index in [-0.39, 0.29) is 0 Å². The molecule has 0 fully saturated rings. The van der Waals surface area contributed by atoms with Crippen molar-refractivity contribution in [2.24, 2.45) is 0 Å². The normalized spacial score (nSPS) is 15.1. The molecule has 0 radical (unpaired) electrons. The van der Waals surface area contributed by atoms with E-state index < -0.39 is 14.3 Å². The van der Waals surface area contributed by atoms with Crippen LogP contribution in [0.15, 0.2) is 0 Å². The van der Waals surface area contributed by atoms with E-state index in [0.29, 0.717) is 24.2 Å². The van der Waals surface area contributed by atoms with Crippen molar-refractivity contribution < 1.29 is 0 Å². The fourth-order valence-electron chi connectivity index (χ4n) is 2.99. The Labute approximate surface area is 192 Å². The lowest BCUT2D eigenvalue weighted by atomic mass is 10.3. The topological polar surface area (TPSA) is 6.48 Å². The van der Waals surface area contributed by atoms with Gasteiger partial charge < -0.3 is 9.13 Å². The Hall–Kier alpha value is 3.45. The summed E-state index contributed by atoms with van der Waals surface area (Å²) in [4.78, 5) is -4.24. The van der Waals surface area contributed by atoms with E-state index in [1.54, 1.807) is 0 Å². The first kappa shape index (κ1) is 26.5. The summed E-state index contributed by atoms with van der Waals surface area (Å²) < 4.78 is 3.09. The molecule has 140 valence electrons. The predicted octanol–water partition coefficient (Wildman–Crippen LogP) is 7.07. The molecule has 0 atom stereocenters. The zero-order valence-corrected chi connectivity index (χ0v) is 27.5. The highest BCUT2D eigenvalue weighted by Crippen LogP contribution is 2.54. The summed E-state index contributed by atoms with van der Waals surface area (Å²) in [5.74, 6) is 0. The van der Waals surface area contributed by atoms with Crippen LogP contribution in [0.3, 0.4) is 0 Å². The zero-order valence-electron chi connectivity index (χ0n) is 15.0. The Kier molecular flexibility index (Phi) is 11.2. The molecule has 11 heteroatoms. The van der Waals surface area contributed by atoms with Gasteiger partial charge in [0.25, 0.3) is 14.3 Å². The molecule has 0 aromatic carbocycles. The van der Waals surface area contributed by atoms with Gasteiger partial charge in [0, 0.05) is 0 Å². The summed E-state index contributed by atoms with van der Waals surface area (Å²) in [6.07, 6.45) is 0. The third-order valence-corrected chi connectivity index (χ3v) is 120. The smallest absolute Gasteiger partial charge is 0.284 e. The summed E-state index contributed by atoms with van der Waals surface area (Å²) in [6.45, 7) is 18.1. The summed E-state index contributed by atoms with van der Waals surface area (Å²) in [5.41, 5.74) is 0. The van der Waals surface area contributed by atoms with Crippen LogP contribution in [0, 0.1) is 0 Å². The van der Waals surface area contributed by atoms with Gasteiger partial charge in [0.05, 0.1) is 0 Å². The van der Waals surface area contributed by atoms with Crippen LogP contribution in [0.4, 0.5) is 0 Å². The van der Waals surface area contributed by atoms with E-state index in [0.717, 1.165) is 0 Å². The van der Waals surface area contributed by atoms with E-state index in [1.807, 2.05) is 0 Å². The Bertz CT molecular complexity index is 341. The van der Waals surface area contributed by atoms with E-state index in [1.165, 1.54) is 0 Å². The molecule has 0 unspecified atom stereocenters. The molecule has 0 bridgehead atoms. The van der Waals surface area contributed by atoms with Crippen molar-refractivity contribution in [2.75, 3.05) is 0 Å². The molecule has 0 rings (SSSR count). The lowest BCUT2D eigenvalue weighted by Gasteiger charge is -2.52. The van der Waals surface area contributed by atoms with Crippen LogP contribution in [0.1, 0.15) is 55.4 Å². The number of hydrogen-bond donors (Lipinski definition) is 0. The Morgan fingerprint density at radius 1 is 0.478 bits per heavy atom. The average Bonchev–Trinajstić information content (AvgIpc) is 2.24. The number of halogens is 6. The van der Waals surface area contributed by atoms with Gasteiger partial charge in [0.1, 0.15) is 0 Å². The standard InChI is InChI=1S/C12H28Br6N2Si3/c1-9(2)19(10(3)4)21(13,14)23(17,18)22(15,16)20(11(5)6)12(7)8/h9-12H,1-8H3. The molecule has 0 saturated carbocycles. The number of hydrogen-bond acceptors (Lipinski definition) is 2. The molecule has 0 aliphatic heterocycles. The number of rotatable bonds is 8. The molecule has 0 amide bonds. The van der Waals surface area contributed by atoms with Crippen LogP contribution in [-0.4, -0.2) is 47.6 Å². The fourth-order valence-corrected chi connectivity index (χ4v) is 95.2. The third-order valence-electron chi connectivity index (χ3n) is 3.63. The van der Waals surface area contributed by atoms with E-state index in [4.69, 9.17) is 0 Å². The molecule has 0 N–H and O–H groups in total.